The van der Waals surface area contributed by atoms with Gasteiger partial charge >= 0.3 is 0 Å². The van der Waals surface area contributed by atoms with Crippen molar-refractivity contribution in [2.24, 2.45) is 5.73 Å². The highest BCUT2D eigenvalue weighted by molar-refractivity contribution is 6.05. The summed E-state index contributed by atoms with van der Waals surface area (Å²) in [4.78, 5) is 38.5. The summed E-state index contributed by atoms with van der Waals surface area (Å²) >= 11 is 0. The van der Waals surface area contributed by atoms with Crippen LogP contribution in [0.15, 0.2) is 60.7 Å². The highest BCUT2D eigenvalue weighted by atomic mass is 16.5. The number of hydrogen-bond acceptors (Lipinski definition) is 7. The van der Waals surface area contributed by atoms with Crippen LogP contribution in [-0.2, 0) is 25.7 Å². The number of nitrogens with two attached hydrogens (primary N) is 1. The molecule has 2 atom stereocenters. The largest absolute Gasteiger partial charge is 0.508 e. The molecule has 0 heterocycles. The van der Waals surface area contributed by atoms with Gasteiger partial charge in [0.1, 0.15) is 17.8 Å². The summed E-state index contributed by atoms with van der Waals surface area (Å²) in [5, 5.41) is 21.3. The van der Waals surface area contributed by atoms with E-state index in [0.717, 1.165) is 16.5 Å². The van der Waals surface area contributed by atoms with Crippen LogP contribution in [0.4, 0.5) is 0 Å². The lowest BCUT2D eigenvalue weighted by Crippen LogP contribution is -2.56. The van der Waals surface area contributed by atoms with Crippen LogP contribution in [0.25, 0.3) is 6.08 Å². The lowest BCUT2D eigenvalue weighted by Gasteiger charge is -2.28. The number of phenols is 1. The number of aromatic hydroxyl groups is 1. The first-order chi connectivity index (χ1) is 15.8. The molecule has 0 spiro atoms. The second-order valence-electron chi connectivity index (χ2n) is 7.11. The van der Waals surface area contributed by atoms with Crippen LogP contribution in [-0.4, -0.2) is 53.0 Å². The van der Waals surface area contributed by atoms with Gasteiger partial charge in [0, 0.05) is 19.5 Å². The number of hydrogen-bond donors (Lipinski definition) is 3. The zero-order valence-electron chi connectivity index (χ0n) is 18.2. The predicted molar refractivity (Wildman–Crippen MR) is 121 cm³/mol. The Labute approximate surface area is 192 Å². The number of imide groups is 1. The van der Waals surface area contributed by atoms with Crippen LogP contribution in [0.5, 0.6) is 5.75 Å². The number of nitrogens with zero attached hydrogens (tertiary/aromatic N) is 2. The highest BCUT2D eigenvalue weighted by Crippen LogP contribution is 2.12. The van der Waals surface area contributed by atoms with Gasteiger partial charge in [0.05, 0.1) is 19.3 Å². The van der Waals surface area contributed by atoms with Crippen molar-refractivity contribution in [1.82, 2.24) is 10.2 Å². The van der Waals surface area contributed by atoms with E-state index in [9.17, 15) is 24.8 Å². The number of carbonyl (C=O) groups is 3. The summed E-state index contributed by atoms with van der Waals surface area (Å²) in [6, 6.07) is 14.7. The van der Waals surface area contributed by atoms with Crippen molar-refractivity contribution in [1.29, 1.82) is 5.26 Å². The maximum absolute atomic E-state index is 13.2. The van der Waals surface area contributed by atoms with Gasteiger partial charge in [0.15, 0.2) is 0 Å². The highest BCUT2D eigenvalue weighted by Gasteiger charge is 2.33. The summed E-state index contributed by atoms with van der Waals surface area (Å²) in [6.45, 7) is 0.941. The average Bonchev–Trinajstić information content (AvgIpc) is 2.81. The van der Waals surface area contributed by atoms with Gasteiger partial charge in [0.25, 0.3) is 11.8 Å². The molecule has 0 saturated carbocycles. The van der Waals surface area contributed by atoms with Crippen molar-refractivity contribution >= 4 is 23.8 Å². The fourth-order valence-corrected chi connectivity index (χ4v) is 2.92. The lowest BCUT2D eigenvalue weighted by molar-refractivity contribution is -0.147. The fraction of sp³-hybridized carbons (Fsp3) is 0.250. The minimum Gasteiger partial charge on any atom is -0.508 e. The fourth-order valence-electron chi connectivity index (χ4n) is 2.92. The molecule has 172 valence electrons. The van der Waals surface area contributed by atoms with Crippen molar-refractivity contribution in [3.8, 4) is 11.8 Å². The Bertz CT molecular complexity index is 1020. The van der Waals surface area contributed by atoms with E-state index in [2.05, 4.69) is 5.32 Å². The molecule has 0 radical (unpaired) electrons. The SMILES string of the molecule is CC(=O)N[C@H](COCc1ccccc1)C(=O)N(C(=O)/C=C/c1ccc(O)cc1)C(C#N)CN. The third-order valence-corrected chi connectivity index (χ3v) is 4.54. The number of amides is 3. The molecule has 9 heteroatoms. The van der Waals surface area contributed by atoms with Gasteiger partial charge in [-0.1, -0.05) is 42.5 Å². The predicted octanol–water partition coefficient (Wildman–Crippen LogP) is 1.33. The molecule has 9 nitrogen and oxygen atoms in total. The van der Waals surface area contributed by atoms with Crippen molar-refractivity contribution in [2.45, 2.75) is 25.6 Å². The number of carbonyl (C=O) groups excluding carboxylic acids is 3. The first-order valence-electron chi connectivity index (χ1n) is 10.2. The molecule has 4 N–H and O–H groups in total. The molecule has 2 aromatic rings. The van der Waals surface area contributed by atoms with Crippen molar-refractivity contribution in [2.75, 3.05) is 13.2 Å². The first-order valence-corrected chi connectivity index (χ1v) is 10.2. The topological polar surface area (TPSA) is 146 Å². The van der Waals surface area contributed by atoms with Crippen molar-refractivity contribution < 1.29 is 24.2 Å². The Morgan fingerprint density at radius 2 is 1.85 bits per heavy atom. The minimum atomic E-state index is -1.24. The first kappa shape index (κ1) is 25.3. The molecule has 0 aliphatic rings. The summed E-state index contributed by atoms with van der Waals surface area (Å²) in [5.41, 5.74) is 7.09. The normalized spacial score (nSPS) is 12.5. The molecule has 0 aliphatic carbocycles. The maximum atomic E-state index is 13.2. The van der Waals surface area contributed by atoms with Gasteiger partial charge in [-0.2, -0.15) is 5.26 Å². The van der Waals surface area contributed by atoms with E-state index in [1.165, 1.54) is 25.1 Å². The number of phenolic OH excluding ortho intramolecular Hbond substituents is 1. The maximum Gasteiger partial charge on any atom is 0.255 e. The molecular weight excluding hydrogens is 424 g/mol. The molecule has 0 bridgehead atoms. The third-order valence-electron chi connectivity index (χ3n) is 4.54. The van der Waals surface area contributed by atoms with Gasteiger partial charge in [-0.25, -0.2) is 0 Å². The third kappa shape index (κ3) is 7.88. The zero-order chi connectivity index (χ0) is 24.2. The zero-order valence-corrected chi connectivity index (χ0v) is 18.2. The summed E-state index contributed by atoms with van der Waals surface area (Å²) in [7, 11) is 0. The molecule has 0 saturated heterocycles. The summed E-state index contributed by atoms with van der Waals surface area (Å²) in [5.74, 6) is -2.01. The van der Waals surface area contributed by atoms with E-state index < -0.39 is 29.8 Å². The monoisotopic (exact) mass is 450 g/mol. The molecule has 0 aromatic heterocycles. The molecule has 0 aliphatic heterocycles. The van der Waals surface area contributed by atoms with Crippen LogP contribution in [0.3, 0.4) is 0 Å². The van der Waals surface area contributed by atoms with Gasteiger partial charge in [0.2, 0.25) is 5.91 Å². The van der Waals surface area contributed by atoms with Gasteiger partial charge in [-0.05, 0) is 29.3 Å². The molecule has 3 amide bonds. The average molecular weight is 450 g/mol. The van der Waals surface area contributed by atoms with Crippen LogP contribution in [0.2, 0.25) is 0 Å². The Balaban J connectivity index is 2.21. The second-order valence-corrected chi connectivity index (χ2v) is 7.11. The van der Waals surface area contributed by atoms with E-state index in [0.29, 0.717) is 5.56 Å². The number of ether oxygens (including phenoxy) is 1. The Morgan fingerprint density at radius 3 is 2.42 bits per heavy atom. The molecular formula is C24H26N4O5. The molecule has 1 unspecified atom stereocenters. The van der Waals surface area contributed by atoms with Crippen LogP contribution >= 0.6 is 0 Å². The van der Waals surface area contributed by atoms with E-state index in [-0.39, 0.29) is 25.5 Å². The van der Waals surface area contributed by atoms with Crippen molar-refractivity contribution in [3.05, 3.63) is 71.8 Å². The van der Waals surface area contributed by atoms with Crippen LogP contribution in [0, 0.1) is 11.3 Å². The lowest BCUT2D eigenvalue weighted by atomic mass is 10.1. The Kier molecular flexibility index (Phi) is 9.77. The minimum absolute atomic E-state index is 0.0663. The summed E-state index contributed by atoms with van der Waals surface area (Å²) in [6.07, 6.45) is 2.56. The Hall–Kier alpha value is -4.00. The van der Waals surface area contributed by atoms with Gasteiger partial charge in [-0.3, -0.25) is 19.3 Å². The van der Waals surface area contributed by atoms with Gasteiger partial charge < -0.3 is 20.9 Å². The standard InChI is InChI=1S/C24H26N4O5/c1-17(29)27-22(16-33-15-19-5-3-2-4-6-19)24(32)28(20(13-25)14-26)23(31)12-9-18-7-10-21(30)11-8-18/h2-12,20,22,30H,13,15-16,25H2,1H3,(H,27,29)/b12-9+/t20?,22-/m1/s1. The van der Waals surface area contributed by atoms with Crippen LogP contribution < -0.4 is 11.1 Å². The molecule has 2 aromatic carbocycles. The van der Waals surface area contributed by atoms with E-state index in [1.807, 2.05) is 36.4 Å². The smallest absolute Gasteiger partial charge is 0.255 e. The van der Waals surface area contributed by atoms with Crippen molar-refractivity contribution in [3.63, 3.8) is 0 Å². The number of nitrogens with one attached hydrogen (secondary N) is 1. The summed E-state index contributed by atoms with van der Waals surface area (Å²) < 4.78 is 5.59. The van der Waals surface area contributed by atoms with E-state index in [4.69, 9.17) is 10.5 Å². The Morgan fingerprint density at radius 1 is 1.18 bits per heavy atom. The molecule has 33 heavy (non-hydrogen) atoms. The number of nitriles is 1. The quantitative estimate of drug-likeness (QED) is 0.463. The van der Waals surface area contributed by atoms with E-state index >= 15 is 0 Å². The molecule has 2 rings (SSSR count). The van der Waals surface area contributed by atoms with Crippen LogP contribution in [0.1, 0.15) is 18.1 Å². The number of benzene rings is 2. The number of rotatable bonds is 10. The molecule has 0 fully saturated rings. The van der Waals surface area contributed by atoms with E-state index in [1.54, 1.807) is 12.1 Å². The van der Waals surface area contributed by atoms with Gasteiger partial charge in [-0.15, -0.1) is 0 Å². The second kappa shape index (κ2) is 12.8.